The first kappa shape index (κ1) is 19.2. The molecule has 4 rings (SSSR count). The van der Waals surface area contributed by atoms with Crippen LogP contribution in [0.3, 0.4) is 0 Å². The van der Waals surface area contributed by atoms with E-state index in [0.717, 1.165) is 16.5 Å². The molecule has 0 saturated heterocycles. The minimum atomic E-state index is -0.582. The van der Waals surface area contributed by atoms with E-state index in [0.29, 0.717) is 27.1 Å². The molecule has 0 bridgehead atoms. The number of nitrogens with zero attached hydrogens (tertiary/aromatic N) is 3. The summed E-state index contributed by atoms with van der Waals surface area (Å²) in [5.41, 5.74) is 8.36. The van der Waals surface area contributed by atoms with Crippen LogP contribution in [0.4, 0.5) is 0 Å². The molecule has 0 fully saturated rings. The zero-order valence-electron chi connectivity index (χ0n) is 15.2. The van der Waals surface area contributed by atoms with Crippen LogP contribution in [0, 0.1) is 0 Å². The van der Waals surface area contributed by atoms with Gasteiger partial charge in [-0.05, 0) is 37.3 Å². The Labute approximate surface area is 175 Å². The van der Waals surface area contributed by atoms with E-state index in [1.165, 1.54) is 12.4 Å². The molecular weight excluding hydrogens is 413 g/mol. The van der Waals surface area contributed by atoms with Crippen LogP contribution in [0.5, 0.6) is 5.75 Å². The summed E-state index contributed by atoms with van der Waals surface area (Å²) in [4.78, 5) is 19.3. The van der Waals surface area contributed by atoms with E-state index in [4.69, 9.17) is 33.7 Å². The number of benzene rings is 1. The number of rotatable bonds is 5. The van der Waals surface area contributed by atoms with Crippen LogP contribution < -0.4 is 10.5 Å². The lowest BCUT2D eigenvalue weighted by Crippen LogP contribution is -2.12. The van der Waals surface area contributed by atoms with E-state index in [9.17, 15) is 4.79 Å². The first-order valence-corrected chi connectivity index (χ1v) is 9.39. The van der Waals surface area contributed by atoms with Gasteiger partial charge in [0.1, 0.15) is 23.2 Å². The number of fused-ring (bicyclic) bond motifs is 1. The largest absolute Gasteiger partial charge is 0.486 e. The smallest absolute Gasteiger partial charge is 0.267 e. The summed E-state index contributed by atoms with van der Waals surface area (Å²) in [6, 6.07) is 8.88. The van der Waals surface area contributed by atoms with Gasteiger partial charge < -0.3 is 10.5 Å². The second-order valence-electron chi connectivity index (χ2n) is 6.35. The maximum Gasteiger partial charge on any atom is 0.267 e. The number of nitrogens with one attached hydrogen (secondary N) is 1. The summed E-state index contributed by atoms with van der Waals surface area (Å²) in [6.45, 7) is 1.86. The van der Waals surface area contributed by atoms with Crippen LogP contribution >= 0.6 is 23.2 Å². The third-order valence-corrected chi connectivity index (χ3v) is 5.04. The lowest BCUT2D eigenvalue weighted by Gasteiger charge is -2.17. The fraction of sp³-hybridized carbons (Fsp3) is 0.100. The van der Waals surface area contributed by atoms with E-state index in [-0.39, 0.29) is 11.8 Å². The molecule has 3 N–H and O–H groups in total. The number of aromatic nitrogens is 4. The van der Waals surface area contributed by atoms with E-state index in [1.807, 2.05) is 25.1 Å². The fourth-order valence-electron chi connectivity index (χ4n) is 3.04. The molecule has 0 unspecified atom stereocenters. The highest BCUT2D eigenvalue weighted by atomic mass is 35.5. The van der Waals surface area contributed by atoms with E-state index >= 15 is 0 Å². The Morgan fingerprint density at radius 1 is 1.14 bits per heavy atom. The zero-order chi connectivity index (χ0) is 20.5. The monoisotopic (exact) mass is 427 g/mol. The lowest BCUT2D eigenvalue weighted by molar-refractivity contribution is 0.0995. The van der Waals surface area contributed by atoms with Crippen LogP contribution in [0.1, 0.15) is 29.1 Å². The Kier molecular flexibility index (Phi) is 5.08. The van der Waals surface area contributed by atoms with Gasteiger partial charge in [0.15, 0.2) is 0 Å². The first-order chi connectivity index (χ1) is 13.9. The summed E-state index contributed by atoms with van der Waals surface area (Å²) in [5, 5.41) is 9.06. The van der Waals surface area contributed by atoms with Crippen LogP contribution in [-0.2, 0) is 0 Å². The first-order valence-electron chi connectivity index (χ1n) is 8.64. The van der Waals surface area contributed by atoms with Crippen molar-refractivity contribution in [2.75, 3.05) is 0 Å². The topological polar surface area (TPSA) is 107 Å². The number of pyridine rings is 2. The number of primary amides is 1. The predicted octanol–water partition coefficient (Wildman–Crippen LogP) is 4.57. The normalized spacial score (nSPS) is 12.1. The molecule has 3 aromatic heterocycles. The molecule has 1 amide bonds. The number of ether oxygens (including phenoxy) is 1. The Morgan fingerprint density at radius 2 is 1.90 bits per heavy atom. The standard InChI is InChI=1S/C20H15Cl2N5O2/c1-10(18-14(21)8-24-9-15(18)22)29-12-3-5-16-13(6-12)19(27-26-16)11-2-4-17(20(23)28)25-7-11/h2-10H,1H3,(H2,23,28)(H,26,27)/t10-/m1/s1. The van der Waals surface area contributed by atoms with Gasteiger partial charge in [-0.25, -0.2) is 0 Å². The highest BCUT2D eigenvalue weighted by Crippen LogP contribution is 2.34. The van der Waals surface area contributed by atoms with Gasteiger partial charge in [0.05, 0.1) is 15.6 Å². The Hall–Kier alpha value is -3.16. The Balaban J connectivity index is 1.67. The number of carbonyl (C=O) groups is 1. The fourth-order valence-corrected chi connectivity index (χ4v) is 3.71. The van der Waals surface area contributed by atoms with Gasteiger partial charge in [-0.15, -0.1) is 0 Å². The molecule has 7 nitrogen and oxygen atoms in total. The maximum atomic E-state index is 11.2. The molecule has 0 aliphatic rings. The number of hydrogen-bond acceptors (Lipinski definition) is 5. The number of hydrogen-bond donors (Lipinski definition) is 2. The van der Waals surface area contributed by atoms with Crippen molar-refractivity contribution in [3.8, 4) is 17.0 Å². The number of H-pyrrole nitrogens is 1. The molecule has 0 aliphatic carbocycles. The van der Waals surface area contributed by atoms with Crippen molar-refractivity contribution in [3.05, 3.63) is 70.2 Å². The van der Waals surface area contributed by atoms with Crippen LogP contribution in [0.25, 0.3) is 22.2 Å². The molecule has 1 atom stereocenters. The molecular formula is C20H15Cl2N5O2. The van der Waals surface area contributed by atoms with Crippen molar-refractivity contribution in [2.45, 2.75) is 13.0 Å². The van der Waals surface area contributed by atoms with E-state index in [2.05, 4.69) is 20.2 Å². The van der Waals surface area contributed by atoms with E-state index in [1.54, 1.807) is 18.3 Å². The van der Waals surface area contributed by atoms with Gasteiger partial charge in [-0.1, -0.05) is 23.2 Å². The quantitative estimate of drug-likeness (QED) is 0.485. The summed E-state index contributed by atoms with van der Waals surface area (Å²) >= 11 is 12.5. The summed E-state index contributed by atoms with van der Waals surface area (Å²) in [5.74, 6) is 0.0415. The average Bonchev–Trinajstić information content (AvgIpc) is 3.11. The Morgan fingerprint density at radius 3 is 2.55 bits per heavy atom. The van der Waals surface area contributed by atoms with Crippen LogP contribution in [-0.4, -0.2) is 26.1 Å². The molecule has 1 aromatic carbocycles. The maximum absolute atomic E-state index is 11.2. The second-order valence-corrected chi connectivity index (χ2v) is 7.17. The second kappa shape index (κ2) is 7.69. The molecule has 9 heteroatoms. The summed E-state index contributed by atoms with van der Waals surface area (Å²) in [6.07, 6.45) is 4.23. The number of carbonyl (C=O) groups excluding carboxylic acids is 1. The van der Waals surface area contributed by atoms with Crippen molar-refractivity contribution in [2.24, 2.45) is 5.73 Å². The molecule has 29 heavy (non-hydrogen) atoms. The number of aromatic amines is 1. The molecule has 146 valence electrons. The number of amides is 1. The van der Waals surface area contributed by atoms with Gasteiger partial charge in [0.25, 0.3) is 5.91 Å². The van der Waals surface area contributed by atoms with E-state index < -0.39 is 5.91 Å². The average molecular weight is 428 g/mol. The molecule has 0 radical (unpaired) electrons. The van der Waals surface area contributed by atoms with Gasteiger partial charge in [0.2, 0.25) is 0 Å². The minimum absolute atomic E-state index is 0.192. The van der Waals surface area contributed by atoms with Crippen LogP contribution in [0.15, 0.2) is 48.9 Å². The van der Waals surface area contributed by atoms with Crippen molar-refractivity contribution in [3.63, 3.8) is 0 Å². The van der Waals surface area contributed by atoms with Crippen molar-refractivity contribution < 1.29 is 9.53 Å². The SMILES string of the molecule is C[C@@H](Oc1ccc2[nH]nc(-c3ccc(C(N)=O)nc3)c2c1)c1c(Cl)cncc1Cl. The van der Waals surface area contributed by atoms with Crippen LogP contribution in [0.2, 0.25) is 10.0 Å². The number of halogens is 2. The zero-order valence-corrected chi connectivity index (χ0v) is 16.7. The highest BCUT2D eigenvalue weighted by Gasteiger charge is 2.17. The van der Waals surface area contributed by atoms with Gasteiger partial charge in [-0.2, -0.15) is 5.10 Å². The predicted molar refractivity (Wildman–Crippen MR) is 111 cm³/mol. The van der Waals surface area contributed by atoms with Crippen molar-refractivity contribution >= 4 is 40.0 Å². The molecule has 0 aliphatic heterocycles. The lowest BCUT2D eigenvalue weighted by atomic mass is 10.1. The molecule has 0 spiro atoms. The van der Waals surface area contributed by atoms with Gasteiger partial charge in [0, 0.05) is 35.1 Å². The van der Waals surface area contributed by atoms with Gasteiger partial charge >= 0.3 is 0 Å². The minimum Gasteiger partial charge on any atom is -0.486 e. The highest BCUT2D eigenvalue weighted by molar-refractivity contribution is 6.35. The summed E-state index contributed by atoms with van der Waals surface area (Å²) in [7, 11) is 0. The van der Waals surface area contributed by atoms with Crippen molar-refractivity contribution in [1.82, 2.24) is 20.2 Å². The Bertz CT molecular complexity index is 1190. The van der Waals surface area contributed by atoms with Gasteiger partial charge in [-0.3, -0.25) is 19.9 Å². The molecule has 3 heterocycles. The van der Waals surface area contributed by atoms with Crippen molar-refractivity contribution in [1.29, 1.82) is 0 Å². The third-order valence-electron chi connectivity index (χ3n) is 4.43. The molecule has 4 aromatic rings. The summed E-state index contributed by atoms with van der Waals surface area (Å²) < 4.78 is 6.07. The molecule has 0 saturated carbocycles. The third kappa shape index (κ3) is 3.74. The number of nitrogens with two attached hydrogens (primary N) is 1.